The first-order valence-electron chi connectivity index (χ1n) is 8.91. The minimum atomic E-state index is -0.229. The molecule has 0 unspecified atom stereocenters. The maximum atomic E-state index is 12.7. The molecule has 2 amide bonds. The molecule has 124 valence electrons. The molecule has 1 aromatic carbocycles. The second-order valence-corrected chi connectivity index (χ2v) is 6.58. The monoisotopic (exact) mass is 314 g/mol. The van der Waals surface area contributed by atoms with Gasteiger partial charge in [0.25, 0.3) is 0 Å². The Morgan fingerprint density at radius 3 is 1.74 bits per heavy atom. The van der Waals surface area contributed by atoms with Crippen molar-refractivity contribution in [1.82, 2.24) is 9.80 Å². The van der Waals surface area contributed by atoms with E-state index in [4.69, 9.17) is 0 Å². The number of rotatable bonds is 3. The molecule has 0 spiro atoms. The van der Waals surface area contributed by atoms with Gasteiger partial charge in [-0.2, -0.15) is 0 Å². The molecule has 0 aromatic heterocycles. The van der Waals surface area contributed by atoms with Gasteiger partial charge in [0.2, 0.25) is 11.8 Å². The van der Waals surface area contributed by atoms with Gasteiger partial charge in [0.05, 0.1) is 0 Å². The highest BCUT2D eigenvalue weighted by atomic mass is 16.2. The smallest absolute Gasteiger partial charge is 0.224 e. The molecule has 2 fully saturated rings. The van der Waals surface area contributed by atoms with E-state index in [0.29, 0.717) is 12.8 Å². The third-order valence-corrected chi connectivity index (χ3v) is 4.91. The molecule has 0 bridgehead atoms. The van der Waals surface area contributed by atoms with Crippen LogP contribution in [0.5, 0.6) is 0 Å². The third kappa shape index (κ3) is 3.74. The summed E-state index contributed by atoms with van der Waals surface area (Å²) < 4.78 is 0. The number of benzene rings is 1. The molecule has 2 aliphatic rings. The first kappa shape index (κ1) is 16.0. The van der Waals surface area contributed by atoms with Crippen LogP contribution in [0.25, 0.3) is 0 Å². The van der Waals surface area contributed by atoms with Gasteiger partial charge in [-0.3, -0.25) is 9.59 Å². The van der Waals surface area contributed by atoms with Gasteiger partial charge in [0.15, 0.2) is 0 Å². The fourth-order valence-electron chi connectivity index (χ4n) is 3.68. The number of hydrogen-bond donors (Lipinski definition) is 0. The van der Waals surface area contributed by atoms with E-state index in [2.05, 4.69) is 0 Å². The molecule has 1 aromatic rings. The van der Waals surface area contributed by atoms with Gasteiger partial charge in [-0.1, -0.05) is 43.2 Å². The van der Waals surface area contributed by atoms with E-state index >= 15 is 0 Å². The number of nitrogens with zero attached hydrogens (tertiary/aromatic N) is 2. The van der Waals surface area contributed by atoms with Gasteiger partial charge in [-0.15, -0.1) is 0 Å². The molecule has 2 heterocycles. The Bertz CT molecular complexity index is 514. The van der Waals surface area contributed by atoms with Gasteiger partial charge in [-0.25, -0.2) is 0 Å². The lowest BCUT2D eigenvalue weighted by Gasteiger charge is -2.39. The van der Waals surface area contributed by atoms with E-state index in [0.717, 1.165) is 57.2 Å². The number of carbonyl (C=O) groups is 2. The van der Waals surface area contributed by atoms with Crippen LogP contribution in [0.3, 0.4) is 0 Å². The first-order valence-corrected chi connectivity index (χ1v) is 8.91. The van der Waals surface area contributed by atoms with Crippen molar-refractivity contribution in [2.45, 2.75) is 57.5 Å². The van der Waals surface area contributed by atoms with Gasteiger partial charge in [-0.05, 0) is 31.2 Å². The maximum Gasteiger partial charge on any atom is 0.224 e. The van der Waals surface area contributed by atoms with E-state index in [9.17, 15) is 9.59 Å². The van der Waals surface area contributed by atoms with Crippen LogP contribution < -0.4 is 0 Å². The van der Waals surface area contributed by atoms with Crippen LogP contribution in [0.2, 0.25) is 0 Å². The summed E-state index contributed by atoms with van der Waals surface area (Å²) in [6, 6.07) is 10.1. The Balaban J connectivity index is 1.95. The highest BCUT2D eigenvalue weighted by molar-refractivity contribution is 5.80. The third-order valence-electron chi connectivity index (χ3n) is 4.91. The zero-order valence-corrected chi connectivity index (χ0v) is 13.7. The molecular weight excluding hydrogens is 288 g/mol. The summed E-state index contributed by atoms with van der Waals surface area (Å²) in [4.78, 5) is 29.2. The molecular formula is C19H26N2O2. The van der Waals surface area contributed by atoms with Crippen molar-refractivity contribution in [2.75, 3.05) is 13.1 Å². The highest BCUT2D eigenvalue weighted by Crippen LogP contribution is 2.30. The number of amides is 2. The van der Waals surface area contributed by atoms with Gasteiger partial charge < -0.3 is 9.80 Å². The Morgan fingerprint density at radius 2 is 1.22 bits per heavy atom. The summed E-state index contributed by atoms with van der Waals surface area (Å²) in [6.45, 7) is 1.50. The fourth-order valence-corrected chi connectivity index (χ4v) is 3.68. The van der Waals surface area contributed by atoms with Crippen molar-refractivity contribution in [3.63, 3.8) is 0 Å². The Labute approximate surface area is 138 Å². The normalized spacial score (nSPS) is 20.6. The molecule has 4 nitrogen and oxygen atoms in total. The van der Waals surface area contributed by atoms with Crippen molar-refractivity contribution in [3.05, 3.63) is 35.9 Å². The average Bonchev–Trinajstić information content (AvgIpc) is 2.91. The zero-order valence-electron chi connectivity index (χ0n) is 13.7. The molecule has 2 aliphatic heterocycles. The zero-order chi connectivity index (χ0) is 16.1. The van der Waals surface area contributed by atoms with Crippen molar-refractivity contribution >= 4 is 11.8 Å². The van der Waals surface area contributed by atoms with Crippen LogP contribution in [0.4, 0.5) is 0 Å². The standard InChI is InChI=1S/C19H26N2O2/c22-17-12-6-2-8-14-20(17)19(16-10-4-1-5-11-16)21-15-9-3-7-13-18(21)23/h1,4-5,10-11,19H,2-3,6-9,12-15H2. The number of likely N-dealkylation sites (tertiary alicyclic amines) is 2. The van der Waals surface area contributed by atoms with E-state index in [1.807, 2.05) is 40.1 Å². The largest absolute Gasteiger partial charge is 0.318 e. The molecule has 0 aliphatic carbocycles. The van der Waals surface area contributed by atoms with Crippen LogP contribution in [0.15, 0.2) is 30.3 Å². The summed E-state index contributed by atoms with van der Waals surface area (Å²) in [7, 11) is 0. The summed E-state index contributed by atoms with van der Waals surface area (Å²) >= 11 is 0. The predicted molar refractivity (Wildman–Crippen MR) is 89.5 cm³/mol. The van der Waals surface area contributed by atoms with Gasteiger partial charge >= 0.3 is 0 Å². The lowest BCUT2D eigenvalue weighted by molar-refractivity contribution is -0.146. The van der Waals surface area contributed by atoms with Gasteiger partial charge in [0.1, 0.15) is 6.17 Å². The van der Waals surface area contributed by atoms with E-state index < -0.39 is 0 Å². The maximum absolute atomic E-state index is 12.7. The van der Waals surface area contributed by atoms with Gasteiger partial charge in [0, 0.05) is 25.9 Å². The van der Waals surface area contributed by atoms with E-state index in [1.165, 1.54) is 0 Å². The fraction of sp³-hybridized carbons (Fsp3) is 0.579. The minimum Gasteiger partial charge on any atom is -0.318 e. The van der Waals surface area contributed by atoms with Crippen molar-refractivity contribution in [3.8, 4) is 0 Å². The van der Waals surface area contributed by atoms with Crippen molar-refractivity contribution in [2.24, 2.45) is 0 Å². The Kier molecular flexibility index (Phi) is 5.31. The molecule has 0 N–H and O–H groups in total. The van der Waals surface area contributed by atoms with Crippen LogP contribution >= 0.6 is 0 Å². The number of carbonyl (C=O) groups excluding carboxylic acids is 2. The molecule has 2 saturated heterocycles. The summed E-state index contributed by atoms with van der Waals surface area (Å²) in [5, 5.41) is 0. The molecule has 3 rings (SSSR count). The number of hydrogen-bond acceptors (Lipinski definition) is 2. The molecule has 23 heavy (non-hydrogen) atoms. The van der Waals surface area contributed by atoms with Crippen molar-refractivity contribution in [1.29, 1.82) is 0 Å². The van der Waals surface area contributed by atoms with E-state index in [-0.39, 0.29) is 18.0 Å². The van der Waals surface area contributed by atoms with Crippen LogP contribution in [0.1, 0.15) is 63.1 Å². The van der Waals surface area contributed by atoms with Crippen LogP contribution in [-0.2, 0) is 9.59 Å². The van der Waals surface area contributed by atoms with Crippen LogP contribution in [-0.4, -0.2) is 34.7 Å². The Morgan fingerprint density at radius 1 is 0.696 bits per heavy atom. The topological polar surface area (TPSA) is 40.6 Å². The Hall–Kier alpha value is -1.84. The second-order valence-electron chi connectivity index (χ2n) is 6.58. The minimum absolute atomic E-state index is 0.188. The molecule has 0 saturated carbocycles. The predicted octanol–water partition coefficient (Wildman–Crippen LogP) is 3.49. The highest BCUT2D eigenvalue weighted by Gasteiger charge is 2.33. The quantitative estimate of drug-likeness (QED) is 0.857. The lowest BCUT2D eigenvalue weighted by Crippen LogP contribution is -2.47. The second kappa shape index (κ2) is 7.62. The van der Waals surface area contributed by atoms with Crippen molar-refractivity contribution < 1.29 is 9.59 Å². The first-order chi connectivity index (χ1) is 11.3. The van der Waals surface area contributed by atoms with E-state index in [1.54, 1.807) is 0 Å². The lowest BCUT2D eigenvalue weighted by atomic mass is 10.1. The molecule has 0 radical (unpaired) electrons. The summed E-state index contributed by atoms with van der Waals surface area (Å²) in [5.41, 5.74) is 1.05. The SMILES string of the molecule is O=C1CCCCCN1C(c1ccccc1)N1CCCCCC1=O. The summed E-state index contributed by atoms with van der Waals surface area (Å²) in [6.07, 6.45) is 7.14. The summed E-state index contributed by atoms with van der Waals surface area (Å²) in [5.74, 6) is 0.377. The average molecular weight is 314 g/mol. The van der Waals surface area contributed by atoms with Crippen LogP contribution in [0, 0.1) is 0 Å². The molecule has 0 atom stereocenters. The molecule has 4 heteroatoms.